The first-order valence-corrected chi connectivity index (χ1v) is 6.93. The largest absolute Gasteiger partial charge is 0.334 e. The Labute approximate surface area is 114 Å². The number of pyridine rings is 1. The van der Waals surface area contributed by atoms with Crippen LogP contribution in [0.15, 0.2) is 30.7 Å². The fourth-order valence-corrected chi connectivity index (χ4v) is 2.25. The van der Waals surface area contributed by atoms with Gasteiger partial charge in [-0.05, 0) is 38.4 Å². The molecule has 2 aromatic heterocycles. The predicted molar refractivity (Wildman–Crippen MR) is 77.0 cm³/mol. The van der Waals surface area contributed by atoms with E-state index in [4.69, 9.17) is 0 Å². The topological polar surface area (TPSA) is 42.7 Å². The van der Waals surface area contributed by atoms with Gasteiger partial charge >= 0.3 is 0 Å². The second-order valence-corrected chi connectivity index (χ2v) is 4.66. The summed E-state index contributed by atoms with van der Waals surface area (Å²) in [6.07, 6.45) is 6.82. The van der Waals surface area contributed by atoms with Crippen molar-refractivity contribution in [2.45, 2.75) is 39.8 Å². The van der Waals surface area contributed by atoms with Crippen molar-refractivity contribution in [2.24, 2.45) is 0 Å². The van der Waals surface area contributed by atoms with Crippen LogP contribution in [0.5, 0.6) is 0 Å². The van der Waals surface area contributed by atoms with Gasteiger partial charge in [-0.3, -0.25) is 4.98 Å². The number of imidazole rings is 1. The van der Waals surface area contributed by atoms with Gasteiger partial charge in [0.05, 0.1) is 5.69 Å². The highest BCUT2D eigenvalue weighted by Crippen LogP contribution is 2.21. The normalized spacial score (nSPS) is 12.6. The van der Waals surface area contributed by atoms with Crippen LogP contribution in [0.3, 0.4) is 0 Å². The lowest BCUT2D eigenvalue weighted by molar-refractivity contribution is 0.530. The Morgan fingerprint density at radius 1 is 1.26 bits per heavy atom. The van der Waals surface area contributed by atoms with Crippen molar-refractivity contribution in [1.29, 1.82) is 0 Å². The molecule has 0 spiro atoms. The number of aromatic nitrogens is 3. The zero-order chi connectivity index (χ0) is 13.7. The number of nitrogens with zero attached hydrogens (tertiary/aromatic N) is 3. The fraction of sp³-hybridized carbons (Fsp3) is 0.467. The molecule has 0 aliphatic heterocycles. The van der Waals surface area contributed by atoms with Crippen LogP contribution in [0.25, 0.3) is 0 Å². The SMILES string of the molecule is CCCNC(c1ncccc1C)c1nccn1CC. The quantitative estimate of drug-likeness (QED) is 0.866. The van der Waals surface area contributed by atoms with Crippen molar-refractivity contribution in [2.75, 3.05) is 6.54 Å². The molecule has 1 atom stereocenters. The van der Waals surface area contributed by atoms with Gasteiger partial charge in [0, 0.05) is 25.1 Å². The summed E-state index contributed by atoms with van der Waals surface area (Å²) < 4.78 is 2.17. The van der Waals surface area contributed by atoms with E-state index < -0.39 is 0 Å². The molecule has 0 aliphatic rings. The standard InChI is InChI=1S/C15H22N4/c1-4-8-16-14(13-12(3)7-6-9-17-13)15-18-10-11-19(15)5-2/h6-7,9-11,14,16H,4-5,8H2,1-3H3. The maximum Gasteiger partial charge on any atom is 0.132 e. The molecule has 1 N–H and O–H groups in total. The Hall–Kier alpha value is -1.68. The average molecular weight is 258 g/mol. The van der Waals surface area contributed by atoms with E-state index in [9.17, 15) is 0 Å². The number of aryl methyl sites for hydroxylation is 2. The van der Waals surface area contributed by atoms with Gasteiger partial charge in [-0.1, -0.05) is 13.0 Å². The maximum atomic E-state index is 4.55. The summed E-state index contributed by atoms with van der Waals surface area (Å²) >= 11 is 0. The van der Waals surface area contributed by atoms with E-state index in [2.05, 4.69) is 46.7 Å². The summed E-state index contributed by atoms with van der Waals surface area (Å²) in [5, 5.41) is 3.56. The zero-order valence-corrected chi connectivity index (χ0v) is 11.9. The van der Waals surface area contributed by atoms with E-state index in [1.165, 1.54) is 5.56 Å². The van der Waals surface area contributed by atoms with Crippen LogP contribution in [-0.2, 0) is 6.54 Å². The third-order valence-electron chi connectivity index (χ3n) is 3.27. The third-order valence-corrected chi connectivity index (χ3v) is 3.27. The molecule has 4 nitrogen and oxygen atoms in total. The monoisotopic (exact) mass is 258 g/mol. The second kappa shape index (κ2) is 6.48. The zero-order valence-electron chi connectivity index (χ0n) is 11.9. The van der Waals surface area contributed by atoms with Crippen LogP contribution in [0, 0.1) is 6.92 Å². The van der Waals surface area contributed by atoms with Crippen LogP contribution >= 0.6 is 0 Å². The van der Waals surface area contributed by atoms with Gasteiger partial charge in [0.15, 0.2) is 0 Å². The van der Waals surface area contributed by atoms with Gasteiger partial charge in [-0.25, -0.2) is 4.98 Å². The Balaban J connectivity index is 2.39. The summed E-state index contributed by atoms with van der Waals surface area (Å²) in [5.41, 5.74) is 2.26. The molecule has 102 valence electrons. The molecular formula is C15H22N4. The van der Waals surface area contributed by atoms with Crippen LogP contribution in [-0.4, -0.2) is 21.1 Å². The molecule has 1 unspecified atom stereocenters. The molecule has 0 saturated heterocycles. The predicted octanol–water partition coefficient (Wildman–Crippen LogP) is 2.70. The van der Waals surface area contributed by atoms with E-state index in [-0.39, 0.29) is 6.04 Å². The molecule has 0 aliphatic carbocycles. The minimum atomic E-state index is 0.0658. The number of hydrogen-bond donors (Lipinski definition) is 1. The molecule has 0 amide bonds. The van der Waals surface area contributed by atoms with Gasteiger partial charge in [-0.2, -0.15) is 0 Å². The minimum Gasteiger partial charge on any atom is -0.334 e. The summed E-state index contributed by atoms with van der Waals surface area (Å²) in [4.78, 5) is 9.07. The summed E-state index contributed by atoms with van der Waals surface area (Å²) in [7, 11) is 0. The van der Waals surface area contributed by atoms with E-state index in [1.54, 1.807) is 0 Å². The highest BCUT2D eigenvalue weighted by molar-refractivity contribution is 5.26. The van der Waals surface area contributed by atoms with E-state index >= 15 is 0 Å². The van der Waals surface area contributed by atoms with Crippen LogP contribution in [0.1, 0.15) is 43.4 Å². The molecule has 0 saturated carbocycles. The molecule has 2 rings (SSSR count). The Morgan fingerprint density at radius 3 is 2.79 bits per heavy atom. The highest BCUT2D eigenvalue weighted by Gasteiger charge is 2.20. The summed E-state index contributed by atoms with van der Waals surface area (Å²) in [6.45, 7) is 8.28. The van der Waals surface area contributed by atoms with Crippen LogP contribution in [0.2, 0.25) is 0 Å². The van der Waals surface area contributed by atoms with Crippen molar-refractivity contribution < 1.29 is 0 Å². The van der Waals surface area contributed by atoms with Gasteiger partial charge in [0.2, 0.25) is 0 Å². The van der Waals surface area contributed by atoms with Crippen LogP contribution < -0.4 is 5.32 Å². The van der Waals surface area contributed by atoms with Crippen molar-refractivity contribution in [3.63, 3.8) is 0 Å². The summed E-state index contributed by atoms with van der Waals surface area (Å²) in [6, 6.07) is 4.14. The second-order valence-electron chi connectivity index (χ2n) is 4.66. The summed E-state index contributed by atoms with van der Waals surface area (Å²) in [5.74, 6) is 1.04. The van der Waals surface area contributed by atoms with Gasteiger partial charge in [0.25, 0.3) is 0 Å². The maximum absolute atomic E-state index is 4.55. The highest BCUT2D eigenvalue weighted by atomic mass is 15.1. The van der Waals surface area contributed by atoms with E-state index in [0.717, 1.165) is 31.0 Å². The van der Waals surface area contributed by atoms with Crippen molar-refractivity contribution in [1.82, 2.24) is 19.9 Å². The molecule has 0 fully saturated rings. The number of hydrogen-bond acceptors (Lipinski definition) is 3. The Kier molecular flexibility index (Phi) is 4.68. The molecule has 0 bridgehead atoms. The van der Waals surface area contributed by atoms with Gasteiger partial charge < -0.3 is 9.88 Å². The van der Waals surface area contributed by atoms with Crippen molar-refractivity contribution in [3.05, 3.63) is 47.8 Å². The molecule has 2 aromatic rings. The van der Waals surface area contributed by atoms with Crippen molar-refractivity contribution >= 4 is 0 Å². The first-order valence-electron chi connectivity index (χ1n) is 6.93. The Bertz CT molecular complexity index is 518. The first-order chi connectivity index (χ1) is 9.27. The first kappa shape index (κ1) is 13.7. The fourth-order valence-electron chi connectivity index (χ4n) is 2.25. The molecule has 0 radical (unpaired) electrons. The van der Waals surface area contributed by atoms with Crippen LogP contribution in [0.4, 0.5) is 0 Å². The third kappa shape index (κ3) is 3.01. The Morgan fingerprint density at radius 2 is 2.11 bits per heavy atom. The number of nitrogens with one attached hydrogen (secondary N) is 1. The smallest absolute Gasteiger partial charge is 0.132 e. The molecule has 2 heterocycles. The lowest BCUT2D eigenvalue weighted by atomic mass is 10.1. The van der Waals surface area contributed by atoms with Gasteiger partial charge in [-0.15, -0.1) is 0 Å². The van der Waals surface area contributed by atoms with E-state index in [1.807, 2.05) is 24.7 Å². The number of rotatable bonds is 6. The molecule has 4 heteroatoms. The lowest BCUT2D eigenvalue weighted by Gasteiger charge is -2.20. The molecule has 19 heavy (non-hydrogen) atoms. The molecular weight excluding hydrogens is 236 g/mol. The lowest BCUT2D eigenvalue weighted by Crippen LogP contribution is -2.27. The van der Waals surface area contributed by atoms with E-state index in [0.29, 0.717) is 0 Å². The van der Waals surface area contributed by atoms with Crippen molar-refractivity contribution in [3.8, 4) is 0 Å². The average Bonchev–Trinajstić information content (AvgIpc) is 2.89. The van der Waals surface area contributed by atoms with Gasteiger partial charge in [0.1, 0.15) is 11.9 Å². The molecule has 0 aromatic carbocycles. The minimum absolute atomic E-state index is 0.0658.